The molecule has 0 fully saturated rings. The highest BCUT2D eigenvalue weighted by atomic mass is 31.0. The lowest BCUT2D eigenvalue weighted by Gasteiger charge is -1.96. The first-order valence-corrected chi connectivity index (χ1v) is 4.37. The number of para-hydroxylation sites is 1. The highest BCUT2D eigenvalue weighted by Gasteiger charge is 2.20. The van der Waals surface area contributed by atoms with Crippen molar-refractivity contribution in [3.05, 3.63) is 24.3 Å². The lowest BCUT2D eigenvalue weighted by Crippen LogP contribution is -2.02. The van der Waals surface area contributed by atoms with E-state index in [2.05, 4.69) is 0 Å². The lowest BCUT2D eigenvalue weighted by molar-refractivity contribution is 0.368. The minimum absolute atomic E-state index is 0.968. The van der Waals surface area contributed by atoms with Crippen LogP contribution in [0.1, 0.15) is 0 Å². The van der Waals surface area contributed by atoms with Crippen molar-refractivity contribution in [2.24, 2.45) is 0 Å². The van der Waals surface area contributed by atoms with Gasteiger partial charge in [0.25, 0.3) is 0 Å². The molecule has 0 heterocycles. The van der Waals surface area contributed by atoms with E-state index in [1.165, 1.54) is 5.30 Å². The zero-order valence-electron chi connectivity index (χ0n) is 7.51. The van der Waals surface area contributed by atoms with Crippen LogP contribution in [-0.2, 0) is 0 Å². The molecular formula is C7H10BF4OP. The predicted octanol–water partition coefficient (Wildman–Crippen LogP) is 2.23. The Hall–Kier alpha value is -0.765. The molecular weight excluding hydrogens is 218 g/mol. The van der Waals surface area contributed by atoms with Crippen LogP contribution in [0.15, 0.2) is 24.3 Å². The molecule has 0 aliphatic rings. The summed E-state index contributed by atoms with van der Waals surface area (Å²) in [5.74, 6) is 0.968. The molecule has 0 aromatic heterocycles. The Kier molecular flexibility index (Phi) is 5.54. The van der Waals surface area contributed by atoms with Gasteiger partial charge in [-0.2, -0.15) is 0 Å². The van der Waals surface area contributed by atoms with E-state index in [0.717, 1.165) is 5.75 Å². The van der Waals surface area contributed by atoms with Crippen molar-refractivity contribution in [3.8, 4) is 5.75 Å². The highest BCUT2D eigenvalue weighted by molar-refractivity contribution is 7.27. The Morgan fingerprint density at radius 1 is 1.14 bits per heavy atom. The standard InChI is InChI=1S/C7H9OP.BF4/c1-8-6-4-2-3-5-7(6)9;2-1(3,4)5/h2-5H,9H2,1H3;/q;-1/p+1. The molecule has 7 heteroatoms. The maximum Gasteiger partial charge on any atom is 0.673 e. The number of halogens is 4. The van der Waals surface area contributed by atoms with Crippen molar-refractivity contribution < 1.29 is 22.0 Å². The second kappa shape index (κ2) is 5.86. The maximum absolute atomic E-state index is 9.75. The van der Waals surface area contributed by atoms with Crippen molar-refractivity contribution in [3.63, 3.8) is 0 Å². The molecule has 0 saturated heterocycles. The molecule has 0 aliphatic carbocycles. The van der Waals surface area contributed by atoms with Gasteiger partial charge in [-0.25, -0.2) is 0 Å². The minimum Gasteiger partial charge on any atom is -0.493 e. The van der Waals surface area contributed by atoms with Gasteiger partial charge in [-0.1, -0.05) is 12.1 Å². The average molecular weight is 228 g/mol. The molecule has 0 bridgehead atoms. The molecule has 1 aromatic carbocycles. The molecule has 1 nitrogen and oxygen atoms in total. The fourth-order valence-electron chi connectivity index (χ4n) is 0.703. The molecule has 0 N–H and O–H groups in total. The summed E-state index contributed by atoms with van der Waals surface area (Å²) in [6.45, 7) is 0. The van der Waals surface area contributed by atoms with Crippen LogP contribution in [0, 0.1) is 0 Å². The van der Waals surface area contributed by atoms with E-state index in [4.69, 9.17) is 4.74 Å². The molecule has 1 atom stereocenters. The normalized spacial score (nSPS) is 10.4. The first-order valence-electron chi connectivity index (χ1n) is 3.67. The maximum atomic E-state index is 9.75. The van der Waals surface area contributed by atoms with Crippen LogP contribution in [0.25, 0.3) is 0 Å². The van der Waals surface area contributed by atoms with Crippen molar-refractivity contribution >= 4 is 21.8 Å². The van der Waals surface area contributed by atoms with Crippen molar-refractivity contribution in [1.29, 1.82) is 0 Å². The van der Waals surface area contributed by atoms with Crippen LogP contribution in [0.3, 0.4) is 0 Å². The Morgan fingerprint density at radius 3 is 1.86 bits per heavy atom. The van der Waals surface area contributed by atoms with Gasteiger partial charge in [0.1, 0.15) is 5.30 Å². The van der Waals surface area contributed by atoms with Crippen molar-refractivity contribution in [1.82, 2.24) is 0 Å². The molecule has 0 radical (unpaired) electrons. The molecule has 80 valence electrons. The van der Waals surface area contributed by atoms with Gasteiger partial charge in [0.05, 0.1) is 7.11 Å². The molecule has 0 amide bonds. The summed E-state index contributed by atoms with van der Waals surface area (Å²) >= 11 is 0. The summed E-state index contributed by atoms with van der Waals surface area (Å²) in [6.07, 6.45) is 0. The van der Waals surface area contributed by atoms with Crippen LogP contribution in [0.4, 0.5) is 17.3 Å². The van der Waals surface area contributed by atoms with Gasteiger partial charge < -0.3 is 22.0 Å². The third-order valence-corrected chi connectivity index (χ3v) is 1.78. The fourth-order valence-corrected chi connectivity index (χ4v) is 1.10. The van der Waals surface area contributed by atoms with Crippen LogP contribution in [-0.4, -0.2) is 14.4 Å². The summed E-state index contributed by atoms with van der Waals surface area (Å²) in [5.41, 5.74) is 0. The van der Waals surface area contributed by atoms with Gasteiger partial charge in [-0.3, -0.25) is 0 Å². The summed E-state index contributed by atoms with van der Waals surface area (Å²) in [6, 6.07) is 7.97. The van der Waals surface area contributed by atoms with Crippen LogP contribution >= 0.6 is 9.24 Å². The summed E-state index contributed by atoms with van der Waals surface area (Å²) in [4.78, 5) is 0. The SMILES string of the molecule is COc1ccccc1[PH3+].F[B-](F)(F)F. The third kappa shape index (κ3) is 7.86. The molecule has 1 unspecified atom stereocenters. The van der Waals surface area contributed by atoms with Gasteiger partial charge >= 0.3 is 7.25 Å². The van der Waals surface area contributed by atoms with E-state index in [1.54, 1.807) is 7.11 Å². The Bertz CT molecular complexity index is 273. The van der Waals surface area contributed by atoms with E-state index >= 15 is 0 Å². The number of benzene rings is 1. The van der Waals surface area contributed by atoms with Crippen LogP contribution in [0.2, 0.25) is 0 Å². The Labute approximate surface area is 81.8 Å². The quantitative estimate of drug-likeness (QED) is 0.406. The Morgan fingerprint density at radius 2 is 1.57 bits per heavy atom. The summed E-state index contributed by atoms with van der Waals surface area (Å²) < 4.78 is 44.1. The van der Waals surface area contributed by atoms with Gasteiger partial charge in [0.15, 0.2) is 5.75 Å². The second-order valence-corrected chi connectivity index (χ2v) is 3.07. The van der Waals surface area contributed by atoms with E-state index < -0.39 is 7.25 Å². The first-order chi connectivity index (χ1) is 6.34. The first kappa shape index (κ1) is 13.2. The highest BCUT2D eigenvalue weighted by Crippen LogP contribution is 2.07. The number of methoxy groups -OCH3 is 1. The fraction of sp³-hybridized carbons (Fsp3) is 0.143. The number of hydrogen-bond acceptors (Lipinski definition) is 1. The molecule has 1 aromatic rings. The van der Waals surface area contributed by atoms with Crippen LogP contribution in [0.5, 0.6) is 5.75 Å². The van der Waals surface area contributed by atoms with Gasteiger partial charge in [-0.15, -0.1) is 0 Å². The van der Waals surface area contributed by atoms with Crippen LogP contribution < -0.4 is 10.0 Å². The summed E-state index contributed by atoms with van der Waals surface area (Å²) in [5, 5.41) is 1.21. The predicted molar refractivity (Wildman–Crippen MR) is 53.9 cm³/mol. The monoisotopic (exact) mass is 228 g/mol. The third-order valence-electron chi connectivity index (χ3n) is 1.19. The second-order valence-electron chi connectivity index (χ2n) is 2.31. The van der Waals surface area contributed by atoms with Crippen molar-refractivity contribution in [2.75, 3.05) is 7.11 Å². The molecule has 0 spiro atoms. The van der Waals surface area contributed by atoms with E-state index in [1.807, 2.05) is 33.5 Å². The molecule has 0 saturated carbocycles. The lowest BCUT2D eigenvalue weighted by atomic mass is 10.3. The van der Waals surface area contributed by atoms with Gasteiger partial charge in [0.2, 0.25) is 0 Å². The van der Waals surface area contributed by atoms with E-state index in [0.29, 0.717) is 0 Å². The van der Waals surface area contributed by atoms with E-state index in [-0.39, 0.29) is 0 Å². The number of hydrogen-bond donors (Lipinski definition) is 0. The smallest absolute Gasteiger partial charge is 0.493 e. The minimum atomic E-state index is -6.00. The number of rotatable bonds is 1. The average Bonchev–Trinajstić information content (AvgIpc) is 2.02. The summed E-state index contributed by atoms with van der Waals surface area (Å²) in [7, 11) is -2.48. The molecule has 1 rings (SSSR count). The van der Waals surface area contributed by atoms with E-state index in [9.17, 15) is 17.3 Å². The zero-order chi connectivity index (χ0) is 11.2. The van der Waals surface area contributed by atoms with Gasteiger partial charge in [-0.05, 0) is 12.1 Å². The van der Waals surface area contributed by atoms with Gasteiger partial charge in [0, 0.05) is 9.24 Å². The Balaban J connectivity index is 0.000000292. The molecule has 14 heavy (non-hydrogen) atoms. The largest absolute Gasteiger partial charge is 0.673 e. The topological polar surface area (TPSA) is 9.23 Å². The molecule has 0 aliphatic heterocycles. The zero-order valence-corrected chi connectivity index (χ0v) is 8.93. The number of ether oxygens (including phenoxy) is 1. The van der Waals surface area contributed by atoms with Crippen molar-refractivity contribution in [2.45, 2.75) is 0 Å².